The number of carbonyl (C=O) groups is 3. The minimum Gasteiger partial charge on any atom is -0.478 e. The summed E-state index contributed by atoms with van der Waals surface area (Å²) in [5, 5.41) is 25.2. The summed E-state index contributed by atoms with van der Waals surface area (Å²) in [6.45, 7) is 1.71. The maximum absolute atomic E-state index is 14.4. The molecule has 6 rings (SSSR count). The van der Waals surface area contributed by atoms with Crippen molar-refractivity contribution < 1.29 is 29.0 Å². The number of carboxylic acid groups (broad SMARTS) is 2. The predicted octanol–water partition coefficient (Wildman–Crippen LogP) is 3.69. The highest BCUT2D eigenvalue weighted by Crippen LogP contribution is 2.37. The van der Waals surface area contributed by atoms with Gasteiger partial charge in [0.2, 0.25) is 0 Å². The fourth-order valence-electron chi connectivity index (χ4n) is 5.61. The largest absolute Gasteiger partial charge is 0.478 e. The summed E-state index contributed by atoms with van der Waals surface area (Å²) in [7, 11) is 0. The molecule has 2 fully saturated rings. The van der Waals surface area contributed by atoms with Gasteiger partial charge in [0.05, 0.1) is 27.9 Å². The zero-order chi connectivity index (χ0) is 29.5. The monoisotopic (exact) mass is 610 g/mol. The highest BCUT2D eigenvalue weighted by molar-refractivity contribution is 7.11. The van der Waals surface area contributed by atoms with Crippen LogP contribution in [0, 0.1) is 5.82 Å². The molecule has 0 aliphatic carbocycles. The Labute approximate surface area is 248 Å². The molecular formula is C28H24ClFN6O5S. The highest BCUT2D eigenvalue weighted by Gasteiger charge is 2.43. The number of amidine groups is 1. The first-order valence-electron chi connectivity index (χ1n) is 13.0. The number of rotatable bonds is 7. The highest BCUT2D eigenvalue weighted by atomic mass is 35.5. The number of hydrogen-bond acceptors (Lipinski definition) is 8. The number of fused-ring (bicyclic) bond motifs is 1. The molecule has 11 nitrogen and oxygen atoms in total. The van der Waals surface area contributed by atoms with E-state index in [1.807, 2.05) is 4.90 Å². The number of aliphatic imine (C=N–C) groups is 1. The van der Waals surface area contributed by atoms with E-state index in [2.05, 4.69) is 15.3 Å². The van der Waals surface area contributed by atoms with Gasteiger partial charge >= 0.3 is 18.0 Å². The van der Waals surface area contributed by atoms with Gasteiger partial charge in [-0.1, -0.05) is 35.9 Å². The molecule has 0 spiro atoms. The van der Waals surface area contributed by atoms with Crippen LogP contribution < -0.4 is 10.2 Å². The van der Waals surface area contributed by atoms with Gasteiger partial charge in [-0.3, -0.25) is 14.8 Å². The number of benzene rings is 2. The second-order valence-corrected chi connectivity index (χ2v) is 11.3. The molecule has 2 atom stereocenters. The summed E-state index contributed by atoms with van der Waals surface area (Å²) >= 11 is 7.61. The van der Waals surface area contributed by atoms with Crippen LogP contribution in [0.2, 0.25) is 5.02 Å². The van der Waals surface area contributed by atoms with Crippen LogP contribution in [-0.4, -0.2) is 87.6 Å². The average molecular weight is 611 g/mol. The lowest BCUT2D eigenvalue weighted by Crippen LogP contribution is -2.53. The van der Waals surface area contributed by atoms with Gasteiger partial charge in [0.15, 0.2) is 10.8 Å². The Morgan fingerprint density at radius 2 is 1.90 bits per heavy atom. The van der Waals surface area contributed by atoms with Gasteiger partial charge in [0, 0.05) is 55.6 Å². The number of aliphatic carboxylic acids is 1. The molecule has 216 valence electrons. The number of halogens is 2. The third kappa shape index (κ3) is 4.99. The zero-order valence-corrected chi connectivity index (χ0v) is 23.5. The summed E-state index contributed by atoms with van der Waals surface area (Å²) in [5.74, 6) is -2.68. The Kier molecular flexibility index (Phi) is 7.39. The fourth-order valence-corrected chi connectivity index (χ4v) is 6.42. The maximum atomic E-state index is 14.4. The summed E-state index contributed by atoms with van der Waals surface area (Å²) in [6.07, 6.45) is 1.61. The first kappa shape index (κ1) is 27.8. The van der Waals surface area contributed by atoms with Crippen LogP contribution in [0.1, 0.15) is 27.0 Å². The molecule has 2 saturated heterocycles. The van der Waals surface area contributed by atoms with Crippen LogP contribution in [0.4, 0.5) is 14.9 Å². The molecule has 2 aromatic carbocycles. The SMILES string of the molecule is O=C(O)C1=C(CN2CCN3C(=O)N(c4ccccc4C(=O)O)C[C@@H]3C2)NC(c2nccs2)=N[C@H]1c1cccc(F)c1Cl. The van der Waals surface area contributed by atoms with E-state index in [9.17, 15) is 29.0 Å². The molecule has 14 heteroatoms. The number of thiazole rings is 1. The molecule has 3 aromatic rings. The summed E-state index contributed by atoms with van der Waals surface area (Å²) < 4.78 is 14.4. The quantitative estimate of drug-likeness (QED) is 0.368. The Hall–Kier alpha value is -4.33. The molecule has 1 aromatic heterocycles. The molecule has 3 aliphatic heterocycles. The summed E-state index contributed by atoms with van der Waals surface area (Å²) in [4.78, 5) is 51.8. The smallest absolute Gasteiger partial charge is 0.337 e. The molecule has 0 radical (unpaired) electrons. The van der Waals surface area contributed by atoms with Gasteiger partial charge in [0.25, 0.3) is 0 Å². The number of nitrogens with zero attached hydrogens (tertiary/aromatic N) is 5. The summed E-state index contributed by atoms with van der Waals surface area (Å²) in [6, 6.07) is 8.99. The van der Waals surface area contributed by atoms with E-state index >= 15 is 0 Å². The maximum Gasteiger partial charge on any atom is 0.337 e. The normalized spacial score (nSPS) is 20.8. The third-order valence-electron chi connectivity index (χ3n) is 7.51. The Balaban J connectivity index is 1.30. The number of carboxylic acids is 2. The molecule has 42 heavy (non-hydrogen) atoms. The molecule has 3 N–H and O–H groups in total. The minimum absolute atomic E-state index is 0.0428. The van der Waals surface area contributed by atoms with Crippen LogP contribution in [0.3, 0.4) is 0 Å². The minimum atomic E-state index is -1.23. The van der Waals surface area contributed by atoms with E-state index in [1.165, 1.54) is 34.4 Å². The number of piperazine rings is 1. The van der Waals surface area contributed by atoms with Crippen molar-refractivity contribution in [1.29, 1.82) is 0 Å². The van der Waals surface area contributed by atoms with E-state index in [-0.39, 0.29) is 46.9 Å². The molecule has 0 bridgehead atoms. The second-order valence-electron chi connectivity index (χ2n) is 9.98. The number of aromatic nitrogens is 1. The Morgan fingerprint density at radius 3 is 2.64 bits per heavy atom. The fraction of sp³-hybridized carbons (Fsp3) is 0.250. The molecule has 0 saturated carbocycles. The van der Waals surface area contributed by atoms with Crippen molar-refractivity contribution in [3.63, 3.8) is 0 Å². The lowest BCUT2D eigenvalue weighted by atomic mass is 9.95. The summed E-state index contributed by atoms with van der Waals surface area (Å²) in [5.41, 5.74) is 0.894. The van der Waals surface area contributed by atoms with Gasteiger partial charge in [-0.05, 0) is 18.2 Å². The van der Waals surface area contributed by atoms with Gasteiger partial charge in [-0.15, -0.1) is 11.3 Å². The molecule has 0 unspecified atom stereocenters. The second kappa shape index (κ2) is 11.2. The number of hydrogen-bond donors (Lipinski definition) is 3. The van der Waals surface area contributed by atoms with Gasteiger partial charge in [-0.2, -0.15) is 0 Å². The molecular weight excluding hydrogens is 587 g/mol. The van der Waals surface area contributed by atoms with E-state index in [1.54, 1.807) is 40.7 Å². The van der Waals surface area contributed by atoms with Gasteiger partial charge < -0.3 is 20.4 Å². The molecule has 4 heterocycles. The van der Waals surface area contributed by atoms with E-state index < -0.39 is 23.8 Å². The number of para-hydroxylation sites is 1. The number of amides is 2. The Bertz CT molecular complexity index is 1650. The predicted molar refractivity (Wildman–Crippen MR) is 154 cm³/mol. The van der Waals surface area contributed by atoms with E-state index in [0.29, 0.717) is 41.9 Å². The van der Waals surface area contributed by atoms with E-state index in [0.717, 1.165) is 0 Å². The lowest BCUT2D eigenvalue weighted by molar-refractivity contribution is -0.133. The topological polar surface area (TPSA) is 139 Å². The third-order valence-corrected chi connectivity index (χ3v) is 8.69. The zero-order valence-electron chi connectivity index (χ0n) is 21.9. The lowest BCUT2D eigenvalue weighted by Gasteiger charge is -2.37. The van der Waals surface area contributed by atoms with Crippen molar-refractivity contribution in [3.8, 4) is 0 Å². The van der Waals surface area contributed by atoms with E-state index in [4.69, 9.17) is 11.6 Å². The van der Waals surface area contributed by atoms with Crippen molar-refractivity contribution in [1.82, 2.24) is 20.1 Å². The van der Waals surface area contributed by atoms with Crippen LogP contribution in [-0.2, 0) is 4.79 Å². The number of anilines is 1. The van der Waals surface area contributed by atoms with Crippen LogP contribution in [0.25, 0.3) is 0 Å². The number of nitrogens with one attached hydrogen (secondary N) is 1. The molecule has 2 amide bonds. The van der Waals surface area contributed by atoms with Crippen molar-refractivity contribution in [3.05, 3.63) is 92.3 Å². The Morgan fingerprint density at radius 1 is 1.10 bits per heavy atom. The van der Waals surface area contributed by atoms with Crippen LogP contribution in [0.5, 0.6) is 0 Å². The van der Waals surface area contributed by atoms with Crippen LogP contribution in [0.15, 0.2) is 70.3 Å². The standard InChI is InChI=1S/C28H24ClFN6O5S/c29-22-17(5-3-6-18(22)30)23-21(27(39)40)19(32-24(33-23)25-31-8-11-42-25)14-34-9-10-35-15(12-34)13-36(28(35)41)20-7-2-1-4-16(20)26(37)38/h1-8,11,15,23H,9-10,12-14H2,(H,32,33)(H,37,38)(H,39,40)/t15-,23-/m0/s1. The van der Waals surface area contributed by atoms with Crippen molar-refractivity contribution in [2.24, 2.45) is 4.99 Å². The first-order valence-corrected chi connectivity index (χ1v) is 14.3. The average Bonchev–Trinajstić information content (AvgIpc) is 3.62. The van der Waals surface area contributed by atoms with Crippen molar-refractivity contribution >= 4 is 52.4 Å². The number of carbonyl (C=O) groups excluding carboxylic acids is 1. The van der Waals surface area contributed by atoms with Crippen LogP contribution >= 0.6 is 22.9 Å². The number of aromatic carboxylic acids is 1. The van der Waals surface area contributed by atoms with Crippen molar-refractivity contribution in [2.75, 3.05) is 37.6 Å². The van der Waals surface area contributed by atoms with Gasteiger partial charge in [-0.25, -0.2) is 23.8 Å². The molecule has 3 aliphatic rings. The van der Waals surface area contributed by atoms with Crippen molar-refractivity contribution in [2.45, 2.75) is 12.1 Å². The first-order chi connectivity index (χ1) is 20.2. The number of urea groups is 1. The van der Waals surface area contributed by atoms with Gasteiger partial charge in [0.1, 0.15) is 11.9 Å².